The lowest BCUT2D eigenvalue weighted by molar-refractivity contribution is -0.384. The molecule has 0 fully saturated rings. The lowest BCUT2D eigenvalue weighted by Gasteiger charge is -2.27. The number of esters is 1. The highest BCUT2D eigenvalue weighted by atomic mass is 16.6. The van der Waals surface area contributed by atoms with Crippen LogP contribution >= 0.6 is 0 Å². The number of hydrogen-bond donors (Lipinski definition) is 1. The van der Waals surface area contributed by atoms with Gasteiger partial charge in [0, 0.05) is 23.8 Å². The van der Waals surface area contributed by atoms with Crippen molar-refractivity contribution < 1.29 is 19.2 Å². The van der Waals surface area contributed by atoms with E-state index in [0.717, 1.165) is 11.1 Å². The van der Waals surface area contributed by atoms with Gasteiger partial charge in [-0.2, -0.15) is 5.26 Å². The van der Waals surface area contributed by atoms with E-state index in [4.69, 9.17) is 15.2 Å². The summed E-state index contributed by atoms with van der Waals surface area (Å²) in [6.07, 6.45) is 0. The fraction of sp³-hybridized carbons (Fsp3) is 0.0667. The molecule has 4 aromatic rings. The number of non-ortho nitro benzene ring substituents is 1. The minimum Gasteiger partial charge on any atom is -0.440 e. The molecule has 0 spiro atoms. The summed E-state index contributed by atoms with van der Waals surface area (Å²) >= 11 is 0. The molecule has 8 nitrogen and oxygen atoms in total. The largest absolute Gasteiger partial charge is 0.440 e. The molecule has 0 saturated heterocycles. The summed E-state index contributed by atoms with van der Waals surface area (Å²) in [5.74, 6) is -1.22. The summed E-state index contributed by atoms with van der Waals surface area (Å²) < 4.78 is 11.5. The molecule has 38 heavy (non-hydrogen) atoms. The van der Waals surface area contributed by atoms with Crippen molar-refractivity contribution >= 4 is 11.7 Å². The van der Waals surface area contributed by atoms with E-state index in [2.05, 4.69) is 6.07 Å². The Balaban J connectivity index is 1.48. The van der Waals surface area contributed by atoms with Crippen molar-refractivity contribution in [3.8, 4) is 17.6 Å². The van der Waals surface area contributed by atoms with Crippen LogP contribution in [0.5, 0.6) is 11.5 Å². The van der Waals surface area contributed by atoms with E-state index < -0.39 is 22.7 Å². The molecule has 2 N–H and O–H groups in total. The highest BCUT2D eigenvalue weighted by Gasteiger charge is 2.32. The Morgan fingerprint density at radius 2 is 1.55 bits per heavy atom. The molecule has 1 heterocycles. The van der Waals surface area contributed by atoms with Crippen LogP contribution in [-0.2, 0) is 4.79 Å². The van der Waals surface area contributed by atoms with E-state index in [1.807, 2.05) is 60.7 Å². The van der Waals surface area contributed by atoms with Gasteiger partial charge in [-0.25, -0.2) is 0 Å². The molecule has 0 aromatic heterocycles. The predicted octanol–water partition coefficient (Wildman–Crippen LogP) is 5.55. The van der Waals surface area contributed by atoms with E-state index in [0.29, 0.717) is 16.9 Å². The summed E-state index contributed by atoms with van der Waals surface area (Å²) in [5.41, 5.74) is 9.04. The molecule has 4 aromatic carbocycles. The molecule has 1 unspecified atom stereocenters. The molecule has 186 valence electrons. The third kappa shape index (κ3) is 4.68. The van der Waals surface area contributed by atoms with Crippen LogP contribution in [0.15, 0.2) is 115 Å². The van der Waals surface area contributed by atoms with Crippen LogP contribution in [0.4, 0.5) is 5.69 Å². The van der Waals surface area contributed by atoms with Crippen LogP contribution in [0.3, 0.4) is 0 Å². The second-order valence-electron chi connectivity index (χ2n) is 8.65. The van der Waals surface area contributed by atoms with E-state index in [1.165, 1.54) is 12.1 Å². The number of nitro groups is 1. The molecule has 1 atom stereocenters. The number of nitro benzene ring substituents is 1. The van der Waals surface area contributed by atoms with Gasteiger partial charge in [0.25, 0.3) is 5.69 Å². The summed E-state index contributed by atoms with van der Waals surface area (Å²) in [6, 6.07) is 31.6. The third-order valence-corrected chi connectivity index (χ3v) is 6.35. The van der Waals surface area contributed by atoms with Gasteiger partial charge in [-0.3, -0.25) is 14.9 Å². The third-order valence-electron chi connectivity index (χ3n) is 6.35. The maximum absolute atomic E-state index is 13.4. The zero-order chi connectivity index (χ0) is 26.6. The van der Waals surface area contributed by atoms with Gasteiger partial charge in [0.05, 0.1) is 10.8 Å². The van der Waals surface area contributed by atoms with Gasteiger partial charge >= 0.3 is 5.97 Å². The Labute approximate surface area is 218 Å². The number of rotatable bonds is 6. The second kappa shape index (κ2) is 10.3. The Morgan fingerprint density at radius 3 is 2.11 bits per heavy atom. The number of nitrogens with zero attached hydrogens (tertiary/aromatic N) is 2. The van der Waals surface area contributed by atoms with Crippen LogP contribution in [-0.4, -0.2) is 10.9 Å². The molecule has 0 bridgehead atoms. The van der Waals surface area contributed by atoms with E-state index in [-0.39, 0.29) is 22.9 Å². The van der Waals surface area contributed by atoms with Crippen LogP contribution in [0, 0.1) is 21.4 Å². The molecule has 0 saturated carbocycles. The Hall–Kier alpha value is -5.42. The molecular formula is C30H21N3O5. The molecule has 1 aliphatic heterocycles. The SMILES string of the molecule is N#CC1=C(N)Oc2cc(OC(=O)C(c3ccccc3)c3ccccc3)ccc2C1c1ccc([N+](=O)[O-])cc1. The molecule has 0 radical (unpaired) electrons. The molecule has 1 aliphatic rings. The van der Waals surface area contributed by atoms with Gasteiger partial charge in [0.1, 0.15) is 29.1 Å². The molecule has 0 aliphatic carbocycles. The van der Waals surface area contributed by atoms with E-state index >= 15 is 0 Å². The number of ether oxygens (including phenoxy) is 2. The van der Waals surface area contributed by atoms with Gasteiger partial charge in [-0.05, 0) is 22.8 Å². The van der Waals surface area contributed by atoms with Gasteiger partial charge in [0.2, 0.25) is 5.88 Å². The summed E-state index contributed by atoms with van der Waals surface area (Å²) in [7, 11) is 0. The van der Waals surface area contributed by atoms with Crippen LogP contribution in [0.2, 0.25) is 0 Å². The fourth-order valence-corrected chi connectivity index (χ4v) is 4.56. The monoisotopic (exact) mass is 503 g/mol. The standard InChI is InChI=1S/C30H21N3O5/c31-18-25-28(21-11-13-22(14-12-21)33(35)36)24-16-15-23(17-26(24)38-29(25)32)37-30(34)27(19-7-3-1-4-8-19)20-9-5-2-6-10-20/h1-17,27-28H,32H2. The number of nitriles is 1. The second-order valence-corrected chi connectivity index (χ2v) is 8.65. The molecule has 0 amide bonds. The van der Waals surface area contributed by atoms with Crippen molar-refractivity contribution in [2.24, 2.45) is 5.73 Å². The first-order valence-electron chi connectivity index (χ1n) is 11.7. The topological polar surface area (TPSA) is 128 Å². The summed E-state index contributed by atoms with van der Waals surface area (Å²) in [5, 5.41) is 20.8. The quantitative estimate of drug-likeness (QED) is 0.158. The van der Waals surface area contributed by atoms with Gasteiger partial charge in [0.15, 0.2) is 0 Å². The van der Waals surface area contributed by atoms with Gasteiger partial charge < -0.3 is 15.2 Å². The average Bonchev–Trinajstić information content (AvgIpc) is 2.93. The Bertz CT molecular complexity index is 1540. The molecule has 8 heteroatoms. The highest BCUT2D eigenvalue weighted by molar-refractivity contribution is 5.84. The maximum atomic E-state index is 13.4. The number of nitrogens with two attached hydrogens (primary N) is 1. The lowest BCUT2D eigenvalue weighted by Crippen LogP contribution is -2.22. The smallest absolute Gasteiger partial charge is 0.323 e. The summed E-state index contributed by atoms with van der Waals surface area (Å²) in [6.45, 7) is 0. The number of carbonyl (C=O) groups is 1. The van der Waals surface area contributed by atoms with E-state index in [9.17, 15) is 20.2 Å². The van der Waals surface area contributed by atoms with Crippen molar-refractivity contribution in [1.29, 1.82) is 5.26 Å². The fourth-order valence-electron chi connectivity index (χ4n) is 4.56. The van der Waals surface area contributed by atoms with Crippen LogP contribution < -0.4 is 15.2 Å². The maximum Gasteiger partial charge on any atom is 0.323 e. The minimum absolute atomic E-state index is 0.0647. The lowest BCUT2D eigenvalue weighted by atomic mass is 9.83. The van der Waals surface area contributed by atoms with Crippen molar-refractivity contribution in [2.45, 2.75) is 11.8 Å². The number of allylic oxidation sites excluding steroid dienone is 1. The first-order chi connectivity index (χ1) is 18.5. The van der Waals surface area contributed by atoms with Gasteiger partial charge in [-0.1, -0.05) is 78.9 Å². The zero-order valence-corrected chi connectivity index (χ0v) is 20.0. The highest BCUT2D eigenvalue weighted by Crippen LogP contribution is 2.44. The number of benzene rings is 4. The zero-order valence-electron chi connectivity index (χ0n) is 20.0. The minimum atomic E-state index is -0.641. The molecule has 5 rings (SSSR count). The predicted molar refractivity (Wildman–Crippen MR) is 139 cm³/mol. The first-order valence-corrected chi connectivity index (χ1v) is 11.7. The number of hydrogen-bond acceptors (Lipinski definition) is 7. The van der Waals surface area contributed by atoms with Crippen molar-refractivity contribution in [2.75, 3.05) is 0 Å². The van der Waals surface area contributed by atoms with Gasteiger partial charge in [-0.15, -0.1) is 0 Å². The van der Waals surface area contributed by atoms with Crippen molar-refractivity contribution in [1.82, 2.24) is 0 Å². The normalized spacial score (nSPS) is 14.3. The van der Waals surface area contributed by atoms with Crippen molar-refractivity contribution in [3.05, 3.63) is 147 Å². The Kier molecular flexibility index (Phi) is 6.57. The summed E-state index contributed by atoms with van der Waals surface area (Å²) in [4.78, 5) is 24.0. The van der Waals surface area contributed by atoms with Crippen LogP contribution in [0.25, 0.3) is 0 Å². The average molecular weight is 504 g/mol. The van der Waals surface area contributed by atoms with Crippen LogP contribution in [0.1, 0.15) is 34.1 Å². The molecular weight excluding hydrogens is 482 g/mol. The van der Waals surface area contributed by atoms with E-state index in [1.54, 1.807) is 30.3 Å². The van der Waals surface area contributed by atoms with Crippen molar-refractivity contribution in [3.63, 3.8) is 0 Å². The number of fused-ring (bicyclic) bond motifs is 1. The Morgan fingerprint density at radius 1 is 0.947 bits per heavy atom. The number of carbonyl (C=O) groups excluding carboxylic acids is 1. The first kappa shape index (κ1) is 24.3.